The van der Waals surface area contributed by atoms with Crippen molar-refractivity contribution in [1.82, 2.24) is 4.98 Å². The molecule has 1 heterocycles. The molecule has 0 spiro atoms. The number of anilines is 1. The average molecular weight is 368 g/mol. The molecule has 0 saturated carbocycles. The molecule has 0 radical (unpaired) electrons. The number of para-hydroxylation sites is 1. The lowest BCUT2D eigenvalue weighted by atomic mass is 10.1. The molecule has 1 N–H and O–H groups in total. The van der Waals surface area contributed by atoms with Crippen molar-refractivity contribution in [2.24, 2.45) is 0 Å². The normalized spacial score (nSPS) is 10.4. The van der Waals surface area contributed by atoms with Crippen molar-refractivity contribution < 1.29 is 14.3 Å². The van der Waals surface area contributed by atoms with Crippen molar-refractivity contribution in [2.45, 2.75) is 13.3 Å². The van der Waals surface area contributed by atoms with Gasteiger partial charge in [-0.1, -0.05) is 18.2 Å². The highest BCUT2D eigenvalue weighted by Gasteiger charge is 2.12. The van der Waals surface area contributed by atoms with Crippen LogP contribution in [0.2, 0.25) is 0 Å². The Morgan fingerprint density at radius 1 is 1.08 bits per heavy atom. The third-order valence-corrected chi connectivity index (χ3v) is 4.63. The number of thiazole rings is 1. The van der Waals surface area contributed by atoms with Gasteiger partial charge in [-0.25, -0.2) is 4.98 Å². The van der Waals surface area contributed by atoms with Crippen LogP contribution in [0.1, 0.15) is 11.3 Å². The van der Waals surface area contributed by atoms with E-state index in [1.807, 2.05) is 61.5 Å². The summed E-state index contributed by atoms with van der Waals surface area (Å²) in [6.45, 7) is 2.32. The van der Waals surface area contributed by atoms with E-state index < -0.39 is 0 Å². The van der Waals surface area contributed by atoms with Crippen molar-refractivity contribution in [3.8, 4) is 22.8 Å². The number of aryl methyl sites for hydroxylation is 1. The van der Waals surface area contributed by atoms with Gasteiger partial charge in [-0.05, 0) is 43.3 Å². The van der Waals surface area contributed by atoms with Crippen LogP contribution in [0.25, 0.3) is 11.3 Å². The summed E-state index contributed by atoms with van der Waals surface area (Å²) in [5, 5.41) is 3.44. The lowest BCUT2D eigenvalue weighted by molar-refractivity contribution is -0.116. The van der Waals surface area contributed by atoms with Crippen molar-refractivity contribution in [1.29, 1.82) is 0 Å². The quantitative estimate of drug-likeness (QED) is 0.665. The summed E-state index contributed by atoms with van der Waals surface area (Å²) in [5.74, 6) is 1.44. The SMILES string of the molecule is COc1ccc(-c2nc(NC(=O)CCOc3ccccc3)sc2C)cc1. The number of aromatic nitrogens is 1. The first-order chi connectivity index (χ1) is 12.7. The van der Waals surface area contributed by atoms with E-state index in [9.17, 15) is 4.79 Å². The summed E-state index contributed by atoms with van der Waals surface area (Å²) in [6.07, 6.45) is 0.269. The van der Waals surface area contributed by atoms with E-state index in [-0.39, 0.29) is 12.3 Å². The van der Waals surface area contributed by atoms with Gasteiger partial charge in [0.05, 0.1) is 25.8 Å². The number of rotatable bonds is 7. The maximum atomic E-state index is 12.1. The third kappa shape index (κ3) is 4.61. The van der Waals surface area contributed by atoms with Crippen molar-refractivity contribution in [3.05, 3.63) is 59.5 Å². The zero-order chi connectivity index (χ0) is 18.4. The van der Waals surface area contributed by atoms with Crippen LogP contribution in [0.4, 0.5) is 5.13 Å². The first-order valence-electron chi connectivity index (χ1n) is 8.25. The molecule has 3 aromatic rings. The molecule has 1 amide bonds. The molecule has 0 aliphatic rings. The van der Waals surface area contributed by atoms with E-state index in [2.05, 4.69) is 10.3 Å². The fourth-order valence-corrected chi connectivity index (χ4v) is 3.28. The first kappa shape index (κ1) is 17.9. The summed E-state index contributed by atoms with van der Waals surface area (Å²) in [5.41, 5.74) is 1.86. The molecule has 5 nitrogen and oxygen atoms in total. The number of nitrogens with one attached hydrogen (secondary N) is 1. The number of hydrogen-bond acceptors (Lipinski definition) is 5. The van der Waals surface area contributed by atoms with Gasteiger partial charge in [-0.2, -0.15) is 0 Å². The Labute approximate surface area is 156 Å². The Bertz CT molecular complexity index is 861. The van der Waals surface area contributed by atoms with Gasteiger partial charge in [0.2, 0.25) is 5.91 Å². The van der Waals surface area contributed by atoms with Crippen molar-refractivity contribution in [3.63, 3.8) is 0 Å². The monoisotopic (exact) mass is 368 g/mol. The fraction of sp³-hybridized carbons (Fsp3) is 0.200. The maximum Gasteiger partial charge on any atom is 0.229 e. The Hall–Kier alpha value is -2.86. The minimum atomic E-state index is -0.115. The van der Waals surface area contributed by atoms with Gasteiger partial charge < -0.3 is 14.8 Å². The van der Waals surface area contributed by atoms with E-state index in [0.29, 0.717) is 11.7 Å². The van der Waals surface area contributed by atoms with Crippen LogP contribution in [-0.4, -0.2) is 24.6 Å². The number of benzene rings is 2. The molecular weight excluding hydrogens is 348 g/mol. The molecule has 134 valence electrons. The molecule has 3 rings (SSSR count). The zero-order valence-electron chi connectivity index (χ0n) is 14.7. The molecule has 0 bridgehead atoms. The van der Waals surface area contributed by atoms with E-state index in [1.165, 1.54) is 11.3 Å². The van der Waals surface area contributed by atoms with E-state index in [1.54, 1.807) is 7.11 Å². The largest absolute Gasteiger partial charge is 0.497 e. The Balaban J connectivity index is 1.57. The number of nitrogens with zero attached hydrogens (tertiary/aromatic N) is 1. The van der Waals surface area contributed by atoms with Crippen LogP contribution in [0, 0.1) is 6.92 Å². The first-order valence-corrected chi connectivity index (χ1v) is 9.07. The van der Waals surface area contributed by atoms with Crippen LogP contribution in [0.5, 0.6) is 11.5 Å². The summed E-state index contributed by atoms with van der Waals surface area (Å²) in [6, 6.07) is 17.2. The number of carbonyl (C=O) groups is 1. The second-order valence-electron chi connectivity index (χ2n) is 5.61. The van der Waals surface area contributed by atoms with Crippen LogP contribution in [-0.2, 0) is 4.79 Å². The Morgan fingerprint density at radius 2 is 1.81 bits per heavy atom. The summed E-state index contributed by atoms with van der Waals surface area (Å²) < 4.78 is 10.7. The molecule has 6 heteroatoms. The zero-order valence-corrected chi connectivity index (χ0v) is 15.5. The number of amides is 1. The minimum Gasteiger partial charge on any atom is -0.497 e. The molecule has 2 aromatic carbocycles. The van der Waals surface area contributed by atoms with Gasteiger partial charge in [0.25, 0.3) is 0 Å². The lowest BCUT2D eigenvalue weighted by Crippen LogP contribution is -2.15. The van der Waals surface area contributed by atoms with Crippen LogP contribution < -0.4 is 14.8 Å². The molecule has 0 aliphatic carbocycles. The molecule has 0 unspecified atom stereocenters. The number of hydrogen-bond donors (Lipinski definition) is 1. The van der Waals surface area contributed by atoms with Gasteiger partial charge >= 0.3 is 0 Å². The minimum absolute atomic E-state index is 0.115. The van der Waals surface area contributed by atoms with Gasteiger partial charge in [-0.15, -0.1) is 11.3 Å². The molecule has 0 fully saturated rings. The predicted octanol–water partition coefficient (Wildman–Crippen LogP) is 4.53. The maximum absolute atomic E-state index is 12.1. The molecular formula is C20H20N2O3S. The number of carbonyl (C=O) groups excluding carboxylic acids is 1. The molecule has 0 atom stereocenters. The highest BCUT2D eigenvalue weighted by molar-refractivity contribution is 7.16. The third-order valence-electron chi connectivity index (χ3n) is 3.75. The highest BCUT2D eigenvalue weighted by Crippen LogP contribution is 2.31. The predicted molar refractivity (Wildman–Crippen MR) is 104 cm³/mol. The highest BCUT2D eigenvalue weighted by atomic mass is 32.1. The summed E-state index contributed by atoms with van der Waals surface area (Å²) in [7, 11) is 1.64. The van der Waals surface area contributed by atoms with Gasteiger partial charge in [-0.3, -0.25) is 4.79 Å². The molecule has 0 saturated heterocycles. The van der Waals surface area contributed by atoms with Crippen molar-refractivity contribution in [2.75, 3.05) is 19.0 Å². The van der Waals surface area contributed by atoms with E-state index in [4.69, 9.17) is 9.47 Å². The van der Waals surface area contributed by atoms with Crippen LogP contribution >= 0.6 is 11.3 Å². The second-order valence-corrected chi connectivity index (χ2v) is 6.82. The molecule has 26 heavy (non-hydrogen) atoms. The van der Waals surface area contributed by atoms with Crippen LogP contribution in [0.15, 0.2) is 54.6 Å². The number of methoxy groups -OCH3 is 1. The van der Waals surface area contributed by atoms with Crippen molar-refractivity contribution >= 4 is 22.4 Å². The van der Waals surface area contributed by atoms with Gasteiger partial charge in [0.1, 0.15) is 11.5 Å². The topological polar surface area (TPSA) is 60.5 Å². The second kappa shape index (κ2) is 8.49. The smallest absolute Gasteiger partial charge is 0.229 e. The summed E-state index contributed by atoms with van der Waals surface area (Å²) in [4.78, 5) is 17.7. The average Bonchev–Trinajstić information content (AvgIpc) is 3.02. The lowest BCUT2D eigenvalue weighted by Gasteiger charge is -2.05. The van der Waals surface area contributed by atoms with E-state index in [0.717, 1.165) is 27.6 Å². The standard InChI is InChI=1S/C20H20N2O3S/c1-14-19(15-8-10-16(24-2)11-9-15)22-20(26-14)21-18(23)12-13-25-17-6-4-3-5-7-17/h3-11H,12-13H2,1-2H3,(H,21,22,23). The Morgan fingerprint density at radius 3 is 2.50 bits per heavy atom. The molecule has 1 aromatic heterocycles. The Kier molecular flexibility index (Phi) is 5.86. The van der Waals surface area contributed by atoms with E-state index >= 15 is 0 Å². The van der Waals surface area contributed by atoms with Gasteiger partial charge in [0, 0.05) is 10.4 Å². The fourth-order valence-electron chi connectivity index (χ4n) is 2.43. The molecule has 0 aliphatic heterocycles. The number of ether oxygens (including phenoxy) is 2. The van der Waals surface area contributed by atoms with Crippen LogP contribution in [0.3, 0.4) is 0 Å². The summed E-state index contributed by atoms with van der Waals surface area (Å²) >= 11 is 1.46. The van der Waals surface area contributed by atoms with Gasteiger partial charge in [0.15, 0.2) is 5.13 Å².